The van der Waals surface area contributed by atoms with E-state index >= 15 is 0 Å². The predicted octanol–water partition coefficient (Wildman–Crippen LogP) is 3.19. The maximum Gasteiger partial charge on any atom is 0.286 e. The van der Waals surface area contributed by atoms with Crippen molar-refractivity contribution < 1.29 is 10.0 Å². The minimum Gasteiger partial charge on any atom is -0.508 e. The van der Waals surface area contributed by atoms with Gasteiger partial charge < -0.3 is 5.11 Å². The standard InChI is InChI=1S/C10H13NO3S/c1-3-7(2)15-10-5-4-8(12)6-9(10)11(13)14/h4-7,12H,3H2,1-2H3. The molecule has 0 aliphatic heterocycles. The second-order valence-electron chi connectivity index (χ2n) is 3.25. The van der Waals surface area contributed by atoms with Gasteiger partial charge in [0.1, 0.15) is 5.75 Å². The molecule has 0 aromatic heterocycles. The van der Waals surface area contributed by atoms with Crippen molar-refractivity contribution in [3.05, 3.63) is 28.3 Å². The molecule has 0 aliphatic rings. The molecule has 0 bridgehead atoms. The molecule has 0 radical (unpaired) electrons. The quantitative estimate of drug-likeness (QED) is 0.487. The van der Waals surface area contributed by atoms with Crippen molar-refractivity contribution in [2.45, 2.75) is 30.4 Å². The van der Waals surface area contributed by atoms with Crippen LogP contribution in [0.25, 0.3) is 0 Å². The minimum atomic E-state index is -0.468. The van der Waals surface area contributed by atoms with Crippen LogP contribution in [0.3, 0.4) is 0 Å². The number of nitrogens with zero attached hydrogens (tertiary/aromatic N) is 1. The largest absolute Gasteiger partial charge is 0.508 e. The molecule has 1 N–H and O–H groups in total. The lowest BCUT2D eigenvalue weighted by molar-refractivity contribution is -0.387. The van der Waals surface area contributed by atoms with Crippen molar-refractivity contribution in [2.75, 3.05) is 0 Å². The molecule has 0 fully saturated rings. The van der Waals surface area contributed by atoms with E-state index in [0.717, 1.165) is 6.42 Å². The van der Waals surface area contributed by atoms with Gasteiger partial charge in [0.15, 0.2) is 0 Å². The molecule has 1 unspecified atom stereocenters. The molecular weight excluding hydrogens is 214 g/mol. The zero-order valence-corrected chi connectivity index (χ0v) is 9.45. The first-order valence-electron chi connectivity index (χ1n) is 4.68. The van der Waals surface area contributed by atoms with Gasteiger partial charge in [0.2, 0.25) is 0 Å². The van der Waals surface area contributed by atoms with Gasteiger partial charge in [-0.05, 0) is 18.6 Å². The van der Waals surface area contributed by atoms with Crippen LogP contribution >= 0.6 is 11.8 Å². The number of nitro benzene ring substituents is 1. The van der Waals surface area contributed by atoms with Crippen molar-refractivity contribution in [2.24, 2.45) is 0 Å². The highest BCUT2D eigenvalue weighted by atomic mass is 32.2. The van der Waals surface area contributed by atoms with Crippen LogP contribution in [0.15, 0.2) is 23.1 Å². The first-order valence-corrected chi connectivity index (χ1v) is 5.56. The maximum atomic E-state index is 10.7. The van der Waals surface area contributed by atoms with Crippen LogP contribution in [-0.4, -0.2) is 15.3 Å². The first kappa shape index (κ1) is 11.8. The van der Waals surface area contributed by atoms with E-state index in [4.69, 9.17) is 5.11 Å². The van der Waals surface area contributed by atoms with Gasteiger partial charge in [0, 0.05) is 5.25 Å². The highest BCUT2D eigenvalue weighted by Crippen LogP contribution is 2.35. The van der Waals surface area contributed by atoms with Crippen LogP contribution in [-0.2, 0) is 0 Å². The Kier molecular flexibility index (Phi) is 3.96. The topological polar surface area (TPSA) is 63.4 Å². The smallest absolute Gasteiger partial charge is 0.286 e. The van der Waals surface area contributed by atoms with Gasteiger partial charge in [-0.15, -0.1) is 11.8 Å². The van der Waals surface area contributed by atoms with Crippen LogP contribution in [0.4, 0.5) is 5.69 Å². The summed E-state index contributed by atoms with van der Waals surface area (Å²) in [5.41, 5.74) is -0.0275. The number of benzene rings is 1. The third kappa shape index (κ3) is 3.13. The summed E-state index contributed by atoms with van der Waals surface area (Å²) in [6.07, 6.45) is 0.947. The summed E-state index contributed by atoms with van der Waals surface area (Å²) >= 11 is 1.45. The van der Waals surface area contributed by atoms with Gasteiger partial charge in [-0.25, -0.2) is 0 Å². The van der Waals surface area contributed by atoms with E-state index in [-0.39, 0.29) is 11.4 Å². The summed E-state index contributed by atoms with van der Waals surface area (Å²) in [6, 6.07) is 4.24. The second-order valence-corrected chi connectivity index (χ2v) is 4.73. The second kappa shape index (κ2) is 5.02. The van der Waals surface area contributed by atoms with E-state index in [2.05, 4.69) is 0 Å². The molecular formula is C10H13NO3S. The lowest BCUT2D eigenvalue weighted by Crippen LogP contribution is -1.96. The summed E-state index contributed by atoms with van der Waals surface area (Å²) in [6.45, 7) is 4.05. The molecule has 0 heterocycles. The Morgan fingerprint density at radius 3 is 2.80 bits per heavy atom. The minimum absolute atomic E-state index is 0.0275. The van der Waals surface area contributed by atoms with Crippen molar-refractivity contribution in [3.63, 3.8) is 0 Å². The fourth-order valence-corrected chi connectivity index (χ4v) is 2.05. The fraction of sp³-hybridized carbons (Fsp3) is 0.400. The van der Waals surface area contributed by atoms with Crippen LogP contribution in [0.5, 0.6) is 5.75 Å². The van der Waals surface area contributed by atoms with E-state index in [1.807, 2.05) is 13.8 Å². The summed E-state index contributed by atoms with van der Waals surface area (Å²) in [5.74, 6) is -0.0739. The van der Waals surface area contributed by atoms with Crippen LogP contribution in [0.1, 0.15) is 20.3 Å². The van der Waals surface area contributed by atoms with Crippen LogP contribution < -0.4 is 0 Å². The van der Waals surface area contributed by atoms with Crippen LogP contribution in [0, 0.1) is 10.1 Å². The van der Waals surface area contributed by atoms with Gasteiger partial charge in [0.25, 0.3) is 5.69 Å². The molecule has 4 nitrogen and oxygen atoms in total. The third-order valence-electron chi connectivity index (χ3n) is 2.04. The highest BCUT2D eigenvalue weighted by Gasteiger charge is 2.16. The normalized spacial score (nSPS) is 12.4. The van der Waals surface area contributed by atoms with Crippen molar-refractivity contribution >= 4 is 17.4 Å². The molecule has 0 spiro atoms. The monoisotopic (exact) mass is 227 g/mol. The molecule has 82 valence electrons. The lowest BCUT2D eigenvalue weighted by atomic mass is 10.3. The molecule has 1 rings (SSSR count). The zero-order chi connectivity index (χ0) is 11.4. The molecule has 0 saturated heterocycles. The Morgan fingerprint density at radius 1 is 1.60 bits per heavy atom. The molecule has 5 heteroatoms. The van der Waals surface area contributed by atoms with E-state index in [9.17, 15) is 10.1 Å². The summed E-state index contributed by atoms with van der Waals surface area (Å²) in [7, 11) is 0. The molecule has 1 aromatic carbocycles. The van der Waals surface area contributed by atoms with Crippen molar-refractivity contribution in [1.82, 2.24) is 0 Å². The Labute approximate surface area is 92.5 Å². The number of thioether (sulfide) groups is 1. The number of aromatic hydroxyl groups is 1. The average molecular weight is 227 g/mol. The van der Waals surface area contributed by atoms with Gasteiger partial charge in [-0.3, -0.25) is 10.1 Å². The van der Waals surface area contributed by atoms with E-state index in [0.29, 0.717) is 10.1 Å². The molecule has 0 aliphatic carbocycles. The van der Waals surface area contributed by atoms with E-state index < -0.39 is 4.92 Å². The Hall–Kier alpha value is -1.23. The number of rotatable bonds is 4. The van der Waals surface area contributed by atoms with Gasteiger partial charge >= 0.3 is 0 Å². The van der Waals surface area contributed by atoms with Crippen molar-refractivity contribution in [3.8, 4) is 5.75 Å². The zero-order valence-electron chi connectivity index (χ0n) is 8.64. The molecule has 1 atom stereocenters. The van der Waals surface area contributed by atoms with Gasteiger partial charge in [-0.2, -0.15) is 0 Å². The van der Waals surface area contributed by atoms with E-state index in [1.54, 1.807) is 6.07 Å². The highest BCUT2D eigenvalue weighted by molar-refractivity contribution is 8.00. The Morgan fingerprint density at radius 2 is 2.27 bits per heavy atom. The molecule has 0 saturated carbocycles. The molecule has 15 heavy (non-hydrogen) atoms. The van der Waals surface area contributed by atoms with Gasteiger partial charge in [-0.1, -0.05) is 13.8 Å². The number of phenols is 1. The maximum absolute atomic E-state index is 10.7. The summed E-state index contributed by atoms with van der Waals surface area (Å²) in [5, 5.41) is 20.2. The first-order chi connectivity index (χ1) is 7.04. The van der Waals surface area contributed by atoms with E-state index in [1.165, 1.54) is 23.9 Å². The molecule has 1 aromatic rings. The average Bonchev–Trinajstić information content (AvgIpc) is 2.20. The van der Waals surface area contributed by atoms with Crippen molar-refractivity contribution in [1.29, 1.82) is 0 Å². The SMILES string of the molecule is CCC(C)Sc1ccc(O)cc1[N+](=O)[O-]. The third-order valence-corrected chi connectivity index (χ3v) is 3.38. The number of hydrogen-bond donors (Lipinski definition) is 1. The van der Waals surface area contributed by atoms with Gasteiger partial charge in [0.05, 0.1) is 15.9 Å². The Balaban J connectivity index is 3.01. The fourth-order valence-electron chi connectivity index (χ4n) is 1.05. The number of nitro groups is 1. The number of hydrogen-bond acceptors (Lipinski definition) is 4. The lowest BCUT2D eigenvalue weighted by Gasteiger charge is -2.08. The summed E-state index contributed by atoms with van der Waals surface area (Å²) in [4.78, 5) is 10.9. The number of phenolic OH excluding ortho intramolecular Hbond substituents is 1. The predicted molar refractivity (Wildman–Crippen MR) is 60.4 cm³/mol. The molecule has 0 amide bonds. The summed E-state index contributed by atoms with van der Waals surface area (Å²) < 4.78 is 0. The Bertz CT molecular complexity index is 368. The van der Waals surface area contributed by atoms with Crippen LogP contribution in [0.2, 0.25) is 0 Å².